The molecular weight excluding hydrogens is 270 g/mol. The lowest BCUT2D eigenvalue weighted by Crippen LogP contribution is -2.24. The van der Waals surface area contributed by atoms with Crippen LogP contribution in [-0.4, -0.2) is 25.1 Å². The van der Waals surface area contributed by atoms with E-state index in [2.05, 4.69) is 15.3 Å². The van der Waals surface area contributed by atoms with Crippen molar-refractivity contribution in [2.24, 2.45) is 0 Å². The van der Waals surface area contributed by atoms with Crippen LogP contribution in [0.15, 0.2) is 47.4 Å². The Morgan fingerprint density at radius 2 is 2.00 bits per heavy atom. The summed E-state index contributed by atoms with van der Waals surface area (Å²) in [6.07, 6.45) is 1.46. The Morgan fingerprint density at radius 1 is 1.24 bits per heavy atom. The van der Waals surface area contributed by atoms with Gasteiger partial charge in [0, 0.05) is 11.6 Å². The summed E-state index contributed by atoms with van der Waals surface area (Å²) < 4.78 is 1.01. The molecule has 0 aliphatic heterocycles. The maximum Gasteiger partial charge on any atom is 0.294 e. The minimum Gasteiger partial charge on any atom is -0.504 e. The van der Waals surface area contributed by atoms with Gasteiger partial charge in [-0.15, -0.1) is 0 Å². The minimum atomic E-state index is -0.709. The second-order valence-corrected chi connectivity index (χ2v) is 4.21. The topological polar surface area (TPSA) is 108 Å². The van der Waals surface area contributed by atoms with Crippen molar-refractivity contribution in [3.63, 3.8) is 0 Å². The molecule has 2 heterocycles. The number of aromatic hydroxyl groups is 1. The van der Waals surface area contributed by atoms with Gasteiger partial charge >= 0.3 is 0 Å². The standard InChI is InChI=1S/C14H9N5O2/c15-8-10-13(20)12(9-4-2-1-3-5-9)18-19(14(10)21)11-6-7-16-17-11/h1-7,20H,(H,16,17). The quantitative estimate of drug-likeness (QED) is 0.732. The van der Waals surface area contributed by atoms with Crippen LogP contribution in [0.25, 0.3) is 17.1 Å². The molecule has 0 aliphatic rings. The van der Waals surface area contributed by atoms with Crippen LogP contribution >= 0.6 is 0 Å². The van der Waals surface area contributed by atoms with Crippen LogP contribution in [-0.2, 0) is 0 Å². The molecule has 3 rings (SSSR count). The van der Waals surface area contributed by atoms with Crippen molar-refractivity contribution in [2.75, 3.05) is 0 Å². The van der Waals surface area contributed by atoms with E-state index in [1.807, 2.05) is 6.07 Å². The van der Waals surface area contributed by atoms with Gasteiger partial charge in [0.25, 0.3) is 5.56 Å². The molecule has 1 aromatic carbocycles. The fraction of sp³-hybridized carbons (Fsp3) is 0. The SMILES string of the molecule is N#Cc1c(O)c(-c2ccccc2)nn(-c2ccn[nH]2)c1=O. The number of aromatic amines is 1. The van der Waals surface area contributed by atoms with Crippen molar-refractivity contribution in [2.45, 2.75) is 0 Å². The largest absolute Gasteiger partial charge is 0.504 e. The molecular formula is C14H9N5O2. The van der Waals surface area contributed by atoms with Crippen LogP contribution in [0.2, 0.25) is 0 Å². The minimum absolute atomic E-state index is 0.154. The van der Waals surface area contributed by atoms with Crippen LogP contribution in [0.3, 0.4) is 0 Å². The van der Waals surface area contributed by atoms with E-state index in [4.69, 9.17) is 5.26 Å². The van der Waals surface area contributed by atoms with Gasteiger partial charge in [0.15, 0.2) is 17.1 Å². The maximum absolute atomic E-state index is 12.2. The van der Waals surface area contributed by atoms with Crippen molar-refractivity contribution >= 4 is 0 Å². The van der Waals surface area contributed by atoms with Crippen molar-refractivity contribution in [1.29, 1.82) is 5.26 Å². The number of H-pyrrole nitrogens is 1. The molecule has 2 aromatic heterocycles. The Kier molecular flexibility index (Phi) is 2.97. The molecule has 0 saturated carbocycles. The molecule has 0 spiro atoms. The van der Waals surface area contributed by atoms with Crippen LogP contribution in [0, 0.1) is 11.3 Å². The van der Waals surface area contributed by atoms with E-state index in [-0.39, 0.29) is 11.3 Å². The summed E-state index contributed by atoms with van der Waals surface area (Å²) in [6.45, 7) is 0. The van der Waals surface area contributed by atoms with E-state index in [1.54, 1.807) is 36.4 Å². The number of aromatic nitrogens is 4. The monoisotopic (exact) mass is 279 g/mol. The fourth-order valence-electron chi connectivity index (χ4n) is 1.94. The van der Waals surface area contributed by atoms with E-state index in [9.17, 15) is 9.90 Å². The molecule has 0 bridgehead atoms. The van der Waals surface area contributed by atoms with Crippen molar-refractivity contribution in [1.82, 2.24) is 20.0 Å². The molecule has 0 radical (unpaired) electrons. The zero-order valence-corrected chi connectivity index (χ0v) is 10.7. The maximum atomic E-state index is 12.2. The van der Waals surface area contributed by atoms with Gasteiger partial charge < -0.3 is 5.11 Å². The van der Waals surface area contributed by atoms with Gasteiger partial charge in [-0.25, -0.2) is 0 Å². The number of hydrogen-bond acceptors (Lipinski definition) is 5. The molecule has 0 saturated heterocycles. The second kappa shape index (κ2) is 4.94. The van der Waals surface area contributed by atoms with Crippen LogP contribution < -0.4 is 5.56 Å². The first-order chi connectivity index (χ1) is 10.2. The van der Waals surface area contributed by atoms with Gasteiger partial charge in [-0.05, 0) is 0 Å². The average molecular weight is 279 g/mol. The molecule has 7 heteroatoms. The third kappa shape index (κ3) is 2.04. The highest BCUT2D eigenvalue weighted by Gasteiger charge is 2.19. The lowest BCUT2D eigenvalue weighted by atomic mass is 10.1. The van der Waals surface area contributed by atoms with Gasteiger partial charge in [-0.1, -0.05) is 30.3 Å². The van der Waals surface area contributed by atoms with Crippen molar-refractivity contribution in [3.05, 3.63) is 58.5 Å². The predicted molar refractivity (Wildman–Crippen MR) is 73.8 cm³/mol. The van der Waals surface area contributed by atoms with E-state index in [1.165, 1.54) is 6.20 Å². The molecule has 7 nitrogen and oxygen atoms in total. The Bertz CT molecular complexity index is 876. The zero-order valence-electron chi connectivity index (χ0n) is 10.7. The highest BCUT2D eigenvalue weighted by Crippen LogP contribution is 2.27. The normalized spacial score (nSPS) is 10.2. The van der Waals surface area contributed by atoms with Gasteiger partial charge in [0.2, 0.25) is 0 Å². The Labute approximate surface area is 118 Å². The van der Waals surface area contributed by atoms with Crippen LogP contribution in [0.5, 0.6) is 5.75 Å². The Balaban J connectivity index is 2.35. The molecule has 0 fully saturated rings. The molecule has 2 N–H and O–H groups in total. The average Bonchev–Trinajstić information content (AvgIpc) is 3.03. The first-order valence-corrected chi connectivity index (χ1v) is 6.04. The molecule has 0 amide bonds. The lowest BCUT2D eigenvalue weighted by molar-refractivity contribution is 0.467. The summed E-state index contributed by atoms with van der Waals surface area (Å²) in [7, 11) is 0. The van der Waals surface area contributed by atoms with E-state index in [0.717, 1.165) is 4.68 Å². The highest BCUT2D eigenvalue weighted by atomic mass is 16.3. The first-order valence-electron chi connectivity index (χ1n) is 6.04. The van der Waals surface area contributed by atoms with E-state index < -0.39 is 11.3 Å². The number of nitriles is 1. The third-order valence-corrected chi connectivity index (χ3v) is 2.94. The number of nitrogens with zero attached hydrogens (tertiary/aromatic N) is 4. The van der Waals surface area contributed by atoms with Crippen molar-refractivity contribution in [3.8, 4) is 28.9 Å². The molecule has 0 unspecified atom stereocenters. The fourth-order valence-corrected chi connectivity index (χ4v) is 1.94. The first kappa shape index (κ1) is 12.6. The molecule has 0 atom stereocenters. The summed E-state index contributed by atoms with van der Waals surface area (Å²) in [4.78, 5) is 12.2. The zero-order chi connectivity index (χ0) is 14.8. The Morgan fingerprint density at radius 3 is 2.62 bits per heavy atom. The summed E-state index contributed by atoms with van der Waals surface area (Å²) in [5.74, 6) is -0.113. The summed E-state index contributed by atoms with van der Waals surface area (Å²) in [6, 6.07) is 12.1. The summed E-state index contributed by atoms with van der Waals surface area (Å²) >= 11 is 0. The van der Waals surface area contributed by atoms with Crippen molar-refractivity contribution < 1.29 is 5.11 Å². The van der Waals surface area contributed by atoms with E-state index in [0.29, 0.717) is 11.4 Å². The number of hydrogen-bond donors (Lipinski definition) is 2. The Hall–Kier alpha value is -3.40. The van der Waals surface area contributed by atoms with Gasteiger partial charge in [-0.3, -0.25) is 9.89 Å². The summed E-state index contributed by atoms with van der Waals surface area (Å²) in [5, 5.41) is 29.7. The number of nitrogens with one attached hydrogen (secondary N) is 1. The number of benzene rings is 1. The molecule has 21 heavy (non-hydrogen) atoms. The summed E-state index contributed by atoms with van der Waals surface area (Å²) in [5.41, 5.74) is -0.321. The second-order valence-electron chi connectivity index (χ2n) is 4.21. The highest BCUT2D eigenvalue weighted by molar-refractivity contribution is 5.68. The lowest BCUT2D eigenvalue weighted by Gasteiger charge is -2.08. The number of rotatable bonds is 2. The van der Waals surface area contributed by atoms with Gasteiger partial charge in [-0.2, -0.15) is 20.1 Å². The van der Waals surface area contributed by atoms with E-state index >= 15 is 0 Å². The smallest absolute Gasteiger partial charge is 0.294 e. The molecule has 0 aliphatic carbocycles. The molecule has 3 aromatic rings. The van der Waals surface area contributed by atoms with Crippen LogP contribution in [0.1, 0.15) is 5.56 Å². The van der Waals surface area contributed by atoms with Crippen LogP contribution in [0.4, 0.5) is 0 Å². The van der Waals surface area contributed by atoms with Gasteiger partial charge in [0.05, 0.1) is 6.20 Å². The molecule has 102 valence electrons. The predicted octanol–water partition coefficient (Wildman–Crippen LogP) is 1.20. The third-order valence-electron chi connectivity index (χ3n) is 2.94. The van der Waals surface area contributed by atoms with Gasteiger partial charge in [0.1, 0.15) is 11.8 Å².